The number of carbonyl (C=O) groups excluding carboxylic acids is 2. The summed E-state index contributed by atoms with van der Waals surface area (Å²) in [5.41, 5.74) is 5.76. The van der Waals surface area contributed by atoms with E-state index in [4.69, 9.17) is 10.5 Å². The Bertz CT molecular complexity index is 1320. The molecule has 0 bridgehead atoms. The molecule has 0 spiro atoms. The largest absolute Gasteiger partial charge is 0.444 e. The second-order valence-corrected chi connectivity index (χ2v) is 10.1. The molecule has 2 aromatic heterocycles. The molecule has 1 saturated heterocycles. The molecule has 4 rings (SSSR count). The smallest absolute Gasteiger partial charge is 0.416 e. The number of amides is 2. The Morgan fingerprint density at radius 3 is 2.45 bits per heavy atom. The summed E-state index contributed by atoms with van der Waals surface area (Å²) in [6.45, 7) is 6.57. The van der Waals surface area contributed by atoms with Crippen LogP contribution in [-0.4, -0.2) is 50.4 Å². The number of hydrogen-bond donors (Lipinski definition) is 2. The van der Waals surface area contributed by atoms with E-state index in [1.165, 1.54) is 24.4 Å². The molecule has 3 aromatic rings. The van der Waals surface area contributed by atoms with Gasteiger partial charge in [0.15, 0.2) is 0 Å². The quantitative estimate of drug-likeness (QED) is 0.469. The minimum atomic E-state index is -4.53. The third-order valence-corrected chi connectivity index (χ3v) is 6.04. The maximum atomic E-state index is 13.0. The Labute approximate surface area is 217 Å². The number of nitrogens with zero attached hydrogens (tertiary/aromatic N) is 4. The molecule has 2 amide bonds. The van der Waals surface area contributed by atoms with Crippen molar-refractivity contribution in [2.24, 2.45) is 0 Å². The number of nitrogens with one attached hydrogen (secondary N) is 1. The fourth-order valence-corrected chi connectivity index (χ4v) is 4.11. The lowest BCUT2D eigenvalue weighted by atomic mass is 10.1. The standard InChI is InChI=1S/C26H29F3N6O3/c1-25(2,3)38-24(37)34-9-7-20(8-10-34)35-15-17(14-32-35)16-11-21(22(30)31-13-16)23(36)33-19-6-4-5-18(12-19)26(27,28)29/h4-6,11-15,20H,7-10H2,1-3H3,(H2,30,31)(H,33,36). The SMILES string of the molecule is CC(C)(C)OC(=O)N1CCC(n2cc(-c3cnc(N)c(C(=O)Nc4cccc(C(F)(F)F)c4)c3)cn2)CC1. The van der Waals surface area contributed by atoms with E-state index in [9.17, 15) is 22.8 Å². The van der Waals surface area contributed by atoms with Gasteiger partial charge in [-0.25, -0.2) is 9.78 Å². The molecule has 1 fully saturated rings. The van der Waals surface area contributed by atoms with Crippen LogP contribution in [0.4, 0.5) is 29.5 Å². The van der Waals surface area contributed by atoms with E-state index >= 15 is 0 Å². The highest BCUT2D eigenvalue weighted by Crippen LogP contribution is 2.31. The molecule has 0 aliphatic carbocycles. The Kier molecular flexibility index (Phi) is 7.34. The van der Waals surface area contributed by atoms with E-state index in [0.29, 0.717) is 37.1 Å². The van der Waals surface area contributed by atoms with Gasteiger partial charge in [0.2, 0.25) is 0 Å². The molecule has 12 heteroatoms. The van der Waals surface area contributed by atoms with Crippen molar-refractivity contribution in [3.63, 3.8) is 0 Å². The third kappa shape index (κ3) is 6.42. The highest BCUT2D eigenvalue weighted by atomic mass is 19.4. The summed E-state index contributed by atoms with van der Waals surface area (Å²) >= 11 is 0. The van der Waals surface area contributed by atoms with Crippen LogP contribution < -0.4 is 11.1 Å². The number of ether oxygens (including phenoxy) is 1. The summed E-state index contributed by atoms with van der Waals surface area (Å²) in [6, 6.07) is 5.95. The molecule has 0 radical (unpaired) electrons. The zero-order valence-electron chi connectivity index (χ0n) is 21.2. The average molecular weight is 531 g/mol. The number of anilines is 2. The molecule has 38 heavy (non-hydrogen) atoms. The first-order valence-electron chi connectivity index (χ1n) is 12.1. The number of hydrogen-bond acceptors (Lipinski definition) is 6. The van der Waals surface area contributed by atoms with Gasteiger partial charge in [0.05, 0.1) is 23.4 Å². The normalized spacial score (nSPS) is 14.8. The van der Waals surface area contributed by atoms with Gasteiger partial charge in [-0.3, -0.25) is 9.48 Å². The van der Waals surface area contributed by atoms with Crippen LogP contribution in [0.15, 0.2) is 48.9 Å². The lowest BCUT2D eigenvalue weighted by Gasteiger charge is -2.33. The number of nitrogens with two attached hydrogens (primary N) is 1. The van der Waals surface area contributed by atoms with Crippen molar-refractivity contribution >= 4 is 23.5 Å². The molecule has 1 aliphatic heterocycles. The van der Waals surface area contributed by atoms with Gasteiger partial charge < -0.3 is 20.7 Å². The number of carbonyl (C=O) groups is 2. The number of likely N-dealkylation sites (tertiary alicyclic amines) is 1. The Morgan fingerprint density at radius 2 is 1.79 bits per heavy atom. The van der Waals surface area contributed by atoms with Crippen molar-refractivity contribution in [3.05, 3.63) is 60.0 Å². The van der Waals surface area contributed by atoms with Gasteiger partial charge >= 0.3 is 12.3 Å². The van der Waals surface area contributed by atoms with Crippen molar-refractivity contribution in [1.29, 1.82) is 0 Å². The number of piperidine rings is 1. The van der Waals surface area contributed by atoms with Crippen LogP contribution in [0.25, 0.3) is 11.1 Å². The topological polar surface area (TPSA) is 115 Å². The maximum absolute atomic E-state index is 13.0. The van der Waals surface area contributed by atoms with Crippen LogP contribution >= 0.6 is 0 Å². The Balaban J connectivity index is 1.44. The average Bonchev–Trinajstić information content (AvgIpc) is 3.33. The van der Waals surface area contributed by atoms with Crippen LogP contribution in [-0.2, 0) is 10.9 Å². The van der Waals surface area contributed by atoms with Crippen molar-refractivity contribution in [2.45, 2.75) is 51.4 Å². The van der Waals surface area contributed by atoms with Gasteiger partial charge in [-0.2, -0.15) is 18.3 Å². The molecular weight excluding hydrogens is 501 g/mol. The van der Waals surface area contributed by atoms with Gasteiger partial charge in [-0.15, -0.1) is 0 Å². The monoisotopic (exact) mass is 530 g/mol. The first kappa shape index (κ1) is 27.0. The predicted molar refractivity (Wildman–Crippen MR) is 135 cm³/mol. The minimum absolute atomic E-state index is 0.0137. The van der Waals surface area contributed by atoms with Crippen LogP contribution in [0.2, 0.25) is 0 Å². The summed E-state index contributed by atoms with van der Waals surface area (Å²) in [5, 5.41) is 6.91. The van der Waals surface area contributed by atoms with E-state index in [-0.39, 0.29) is 29.2 Å². The van der Waals surface area contributed by atoms with Gasteiger partial charge in [-0.05, 0) is 57.9 Å². The number of nitrogen functional groups attached to an aromatic ring is 1. The van der Waals surface area contributed by atoms with Gasteiger partial charge in [-0.1, -0.05) is 6.07 Å². The first-order valence-corrected chi connectivity index (χ1v) is 12.1. The van der Waals surface area contributed by atoms with Crippen LogP contribution in [0.1, 0.15) is 55.6 Å². The van der Waals surface area contributed by atoms with Crippen LogP contribution in [0, 0.1) is 0 Å². The first-order chi connectivity index (χ1) is 17.8. The zero-order chi connectivity index (χ0) is 27.7. The molecular formula is C26H29F3N6O3. The maximum Gasteiger partial charge on any atom is 0.416 e. The predicted octanol–water partition coefficient (Wildman–Crippen LogP) is 5.37. The van der Waals surface area contributed by atoms with Crippen LogP contribution in [0.3, 0.4) is 0 Å². The summed E-state index contributed by atoms with van der Waals surface area (Å²) in [4.78, 5) is 30.9. The summed E-state index contributed by atoms with van der Waals surface area (Å²) < 4.78 is 46.3. The number of benzene rings is 1. The second kappa shape index (κ2) is 10.3. The summed E-state index contributed by atoms with van der Waals surface area (Å²) in [7, 11) is 0. The zero-order valence-corrected chi connectivity index (χ0v) is 21.2. The molecule has 3 N–H and O–H groups in total. The minimum Gasteiger partial charge on any atom is -0.444 e. The van der Waals surface area contributed by atoms with Crippen LogP contribution in [0.5, 0.6) is 0 Å². The number of halogens is 3. The number of alkyl halides is 3. The second-order valence-electron chi connectivity index (χ2n) is 10.1. The lowest BCUT2D eigenvalue weighted by molar-refractivity contribution is -0.137. The van der Waals surface area contributed by atoms with E-state index in [2.05, 4.69) is 15.4 Å². The molecule has 0 atom stereocenters. The summed E-state index contributed by atoms with van der Waals surface area (Å²) in [5.74, 6) is -0.738. The third-order valence-electron chi connectivity index (χ3n) is 6.04. The van der Waals surface area contributed by atoms with E-state index in [1.807, 2.05) is 31.6 Å². The Morgan fingerprint density at radius 1 is 1.08 bits per heavy atom. The molecule has 0 unspecified atom stereocenters. The number of pyridine rings is 1. The lowest BCUT2D eigenvalue weighted by Crippen LogP contribution is -2.42. The van der Waals surface area contributed by atoms with Crippen molar-refractivity contribution in [3.8, 4) is 11.1 Å². The van der Waals surface area contributed by atoms with E-state index in [0.717, 1.165) is 12.1 Å². The summed E-state index contributed by atoms with van der Waals surface area (Å²) in [6.07, 6.45) is 1.50. The van der Waals surface area contributed by atoms with Gasteiger partial charge in [0.25, 0.3) is 5.91 Å². The molecule has 3 heterocycles. The number of rotatable bonds is 4. The molecule has 9 nitrogen and oxygen atoms in total. The molecule has 1 aliphatic rings. The van der Waals surface area contributed by atoms with Gasteiger partial charge in [0.1, 0.15) is 11.4 Å². The van der Waals surface area contributed by atoms with Crippen molar-refractivity contribution in [2.75, 3.05) is 24.1 Å². The molecule has 0 saturated carbocycles. The highest BCUT2D eigenvalue weighted by Gasteiger charge is 2.31. The fourth-order valence-electron chi connectivity index (χ4n) is 4.11. The van der Waals surface area contributed by atoms with Crippen molar-refractivity contribution < 1.29 is 27.5 Å². The van der Waals surface area contributed by atoms with Gasteiger partial charge in [0, 0.05) is 42.3 Å². The van der Waals surface area contributed by atoms with E-state index < -0.39 is 23.2 Å². The highest BCUT2D eigenvalue weighted by molar-refractivity contribution is 6.07. The Hall–Kier alpha value is -4.09. The fraction of sp³-hybridized carbons (Fsp3) is 0.385. The number of aromatic nitrogens is 3. The van der Waals surface area contributed by atoms with Crippen molar-refractivity contribution in [1.82, 2.24) is 19.7 Å². The van der Waals surface area contributed by atoms with E-state index in [1.54, 1.807) is 11.1 Å². The molecule has 202 valence electrons. The molecule has 1 aromatic carbocycles.